The van der Waals surface area contributed by atoms with Crippen LogP contribution in [-0.2, 0) is 33.2 Å². The maximum absolute atomic E-state index is 5.33. The van der Waals surface area contributed by atoms with Crippen LogP contribution >= 0.6 is 0 Å². The molecule has 0 heterocycles. The van der Waals surface area contributed by atoms with Gasteiger partial charge in [-0.25, -0.2) is 0 Å². The quantitative estimate of drug-likeness (QED) is 0.276. The minimum Gasteiger partial charge on any atom is -0.382 e. The lowest BCUT2D eigenvalue weighted by atomic mass is 10.4. The van der Waals surface area contributed by atoms with Crippen molar-refractivity contribution >= 4 is 0 Å². The van der Waals surface area contributed by atoms with Crippen LogP contribution in [0.4, 0.5) is 0 Å². The summed E-state index contributed by atoms with van der Waals surface area (Å²) in [6.07, 6.45) is 4.62. The number of rotatable bonds is 21. The standard InChI is InChI=1S/C11H24O4.C9H20O3/c1-3-4-5-13-8-9-15-11-10-14-7-6-12-2;1-3-4-5-11-8-9-12-7-6-10-2/h3-11H2,1-2H3;3-9H2,1-2H3. The summed E-state index contributed by atoms with van der Waals surface area (Å²) < 4.78 is 36.0. The highest BCUT2D eigenvalue weighted by atomic mass is 16.6. The van der Waals surface area contributed by atoms with Crippen LogP contribution in [0.2, 0.25) is 0 Å². The first kappa shape index (κ1) is 28.9. The lowest BCUT2D eigenvalue weighted by Gasteiger charge is -2.06. The van der Waals surface area contributed by atoms with Gasteiger partial charge in [0.15, 0.2) is 0 Å². The first-order valence-corrected chi connectivity index (χ1v) is 10.2. The molecular weight excluding hydrogens is 352 g/mol. The van der Waals surface area contributed by atoms with E-state index in [1.807, 2.05) is 0 Å². The molecule has 0 aromatic heterocycles. The Kier molecular flexibility index (Phi) is 32.6. The van der Waals surface area contributed by atoms with Crippen molar-refractivity contribution in [3.63, 3.8) is 0 Å². The summed E-state index contributed by atoms with van der Waals surface area (Å²) in [6.45, 7) is 12.5. The molecule has 0 bridgehead atoms. The van der Waals surface area contributed by atoms with Gasteiger partial charge < -0.3 is 33.2 Å². The summed E-state index contributed by atoms with van der Waals surface area (Å²) in [7, 11) is 3.33. The number of hydrogen-bond acceptors (Lipinski definition) is 7. The minimum absolute atomic E-state index is 0.623. The van der Waals surface area contributed by atoms with E-state index in [1.165, 1.54) is 12.8 Å². The predicted molar refractivity (Wildman–Crippen MR) is 108 cm³/mol. The van der Waals surface area contributed by atoms with Crippen LogP contribution in [0, 0.1) is 0 Å². The number of methoxy groups -OCH3 is 2. The molecule has 7 heteroatoms. The average Bonchev–Trinajstić information content (AvgIpc) is 2.69. The molecule has 0 aromatic carbocycles. The molecule has 0 spiro atoms. The van der Waals surface area contributed by atoms with E-state index in [-0.39, 0.29) is 0 Å². The first-order chi connectivity index (χ1) is 13.3. The van der Waals surface area contributed by atoms with Gasteiger partial charge in [-0.15, -0.1) is 0 Å². The summed E-state index contributed by atoms with van der Waals surface area (Å²) >= 11 is 0. The highest BCUT2D eigenvalue weighted by Crippen LogP contribution is 1.88. The van der Waals surface area contributed by atoms with Gasteiger partial charge in [-0.05, 0) is 12.8 Å². The normalized spacial score (nSPS) is 10.7. The third-order valence-corrected chi connectivity index (χ3v) is 3.26. The molecule has 166 valence electrons. The summed E-state index contributed by atoms with van der Waals surface area (Å²) in [5.41, 5.74) is 0. The Hall–Kier alpha value is -0.280. The van der Waals surface area contributed by atoms with Crippen molar-refractivity contribution in [3.05, 3.63) is 0 Å². The molecule has 0 aliphatic rings. The third-order valence-electron chi connectivity index (χ3n) is 3.26. The lowest BCUT2D eigenvalue weighted by molar-refractivity contribution is 0.00337. The highest BCUT2D eigenvalue weighted by Gasteiger charge is 1.91. The van der Waals surface area contributed by atoms with E-state index in [9.17, 15) is 0 Å². The van der Waals surface area contributed by atoms with Gasteiger partial charge in [0.2, 0.25) is 0 Å². The molecule has 27 heavy (non-hydrogen) atoms. The fraction of sp³-hybridized carbons (Fsp3) is 1.00. The Morgan fingerprint density at radius 1 is 0.370 bits per heavy atom. The molecule has 0 aliphatic carbocycles. The van der Waals surface area contributed by atoms with Crippen molar-refractivity contribution in [2.75, 3.05) is 93.5 Å². The van der Waals surface area contributed by atoms with Gasteiger partial charge in [-0.2, -0.15) is 0 Å². The van der Waals surface area contributed by atoms with Gasteiger partial charge in [-0.1, -0.05) is 26.7 Å². The van der Waals surface area contributed by atoms with Crippen molar-refractivity contribution in [2.24, 2.45) is 0 Å². The van der Waals surface area contributed by atoms with Crippen molar-refractivity contribution in [3.8, 4) is 0 Å². The maximum atomic E-state index is 5.33. The summed E-state index contributed by atoms with van der Waals surface area (Å²) in [5.74, 6) is 0. The average molecular weight is 397 g/mol. The van der Waals surface area contributed by atoms with Crippen molar-refractivity contribution < 1.29 is 33.2 Å². The molecule has 0 unspecified atom stereocenters. The summed E-state index contributed by atoms with van der Waals surface area (Å²) in [4.78, 5) is 0. The van der Waals surface area contributed by atoms with Crippen LogP contribution in [-0.4, -0.2) is 93.5 Å². The lowest BCUT2D eigenvalue weighted by Crippen LogP contribution is -2.11. The predicted octanol–water partition coefficient (Wildman–Crippen LogP) is 2.95. The summed E-state index contributed by atoms with van der Waals surface area (Å²) in [6, 6.07) is 0. The van der Waals surface area contributed by atoms with Gasteiger partial charge in [0.25, 0.3) is 0 Å². The Bertz CT molecular complexity index is 208. The van der Waals surface area contributed by atoms with Gasteiger partial charge in [0, 0.05) is 27.4 Å². The molecule has 7 nitrogen and oxygen atoms in total. The van der Waals surface area contributed by atoms with E-state index in [1.54, 1.807) is 14.2 Å². The molecule has 0 saturated heterocycles. The molecule has 0 aliphatic heterocycles. The Morgan fingerprint density at radius 3 is 0.889 bits per heavy atom. The smallest absolute Gasteiger partial charge is 0.0701 e. The molecule has 0 amide bonds. The van der Waals surface area contributed by atoms with Crippen molar-refractivity contribution in [2.45, 2.75) is 39.5 Å². The maximum Gasteiger partial charge on any atom is 0.0701 e. The number of unbranched alkanes of at least 4 members (excludes halogenated alkanes) is 2. The Balaban J connectivity index is 0. The Labute approximate surface area is 166 Å². The zero-order chi connectivity index (χ0) is 20.3. The second-order valence-corrected chi connectivity index (χ2v) is 5.75. The molecular formula is C20H44O7. The fourth-order valence-corrected chi connectivity index (χ4v) is 1.64. The van der Waals surface area contributed by atoms with E-state index >= 15 is 0 Å². The largest absolute Gasteiger partial charge is 0.382 e. The van der Waals surface area contributed by atoms with E-state index in [2.05, 4.69) is 13.8 Å². The van der Waals surface area contributed by atoms with Crippen LogP contribution < -0.4 is 0 Å². The van der Waals surface area contributed by atoms with Crippen molar-refractivity contribution in [1.82, 2.24) is 0 Å². The van der Waals surface area contributed by atoms with Gasteiger partial charge >= 0.3 is 0 Å². The first-order valence-electron chi connectivity index (χ1n) is 10.2. The van der Waals surface area contributed by atoms with Crippen LogP contribution in [0.5, 0.6) is 0 Å². The van der Waals surface area contributed by atoms with Crippen LogP contribution in [0.15, 0.2) is 0 Å². The van der Waals surface area contributed by atoms with Gasteiger partial charge in [0.05, 0.1) is 66.1 Å². The van der Waals surface area contributed by atoms with Crippen LogP contribution in [0.1, 0.15) is 39.5 Å². The zero-order valence-corrected chi connectivity index (χ0v) is 18.2. The third kappa shape index (κ3) is 33.7. The van der Waals surface area contributed by atoms with Crippen LogP contribution in [0.25, 0.3) is 0 Å². The Morgan fingerprint density at radius 2 is 0.630 bits per heavy atom. The van der Waals surface area contributed by atoms with Crippen LogP contribution in [0.3, 0.4) is 0 Å². The van der Waals surface area contributed by atoms with Gasteiger partial charge in [0.1, 0.15) is 0 Å². The second kappa shape index (κ2) is 30.4. The van der Waals surface area contributed by atoms with E-state index in [0.717, 1.165) is 26.1 Å². The molecule has 0 aromatic rings. The van der Waals surface area contributed by atoms with E-state index < -0.39 is 0 Å². The molecule has 0 fully saturated rings. The monoisotopic (exact) mass is 396 g/mol. The zero-order valence-electron chi connectivity index (χ0n) is 18.2. The molecule has 0 radical (unpaired) electrons. The molecule has 0 atom stereocenters. The second-order valence-electron chi connectivity index (χ2n) is 5.75. The minimum atomic E-state index is 0.623. The van der Waals surface area contributed by atoms with Gasteiger partial charge in [-0.3, -0.25) is 0 Å². The molecule has 0 rings (SSSR count). The van der Waals surface area contributed by atoms with E-state index in [0.29, 0.717) is 66.1 Å². The van der Waals surface area contributed by atoms with E-state index in [4.69, 9.17) is 33.2 Å². The topological polar surface area (TPSA) is 64.6 Å². The molecule has 0 N–H and O–H groups in total. The summed E-state index contributed by atoms with van der Waals surface area (Å²) in [5, 5.41) is 0. The van der Waals surface area contributed by atoms with Crippen molar-refractivity contribution in [1.29, 1.82) is 0 Å². The SMILES string of the molecule is CCCCOCCOCCOC.CCCCOCCOCCOCCOC. The molecule has 0 saturated carbocycles. The highest BCUT2D eigenvalue weighted by molar-refractivity contribution is 4.36. The number of ether oxygens (including phenoxy) is 7. The fourth-order valence-electron chi connectivity index (χ4n) is 1.64. The number of hydrogen-bond donors (Lipinski definition) is 0.